The van der Waals surface area contributed by atoms with E-state index < -0.39 is 0 Å². The molecule has 1 aromatic heterocycles. The van der Waals surface area contributed by atoms with E-state index in [4.69, 9.17) is 4.98 Å². The topological polar surface area (TPSA) is 30.0 Å². The van der Waals surface area contributed by atoms with E-state index in [1.54, 1.807) is 11.3 Å². The summed E-state index contributed by atoms with van der Waals surface area (Å²) in [4.78, 5) is 17.7. The van der Waals surface area contributed by atoms with Gasteiger partial charge in [-0.25, -0.2) is 4.98 Å². The summed E-state index contributed by atoms with van der Waals surface area (Å²) in [6.45, 7) is 0. The molecule has 0 atom stereocenters. The SMILES string of the molecule is O=C(c1csc(C2CCCCCC2)n1)C1CCCCCCCC1. The van der Waals surface area contributed by atoms with Gasteiger partial charge in [-0.15, -0.1) is 11.3 Å². The molecular weight excluding hydrogens is 302 g/mol. The molecule has 128 valence electrons. The summed E-state index contributed by atoms with van der Waals surface area (Å²) < 4.78 is 0. The van der Waals surface area contributed by atoms with Crippen LogP contribution in [0.4, 0.5) is 0 Å². The predicted octanol–water partition coefficient (Wildman–Crippen LogP) is 6.51. The lowest BCUT2D eigenvalue weighted by Crippen LogP contribution is -2.15. The molecule has 0 bridgehead atoms. The molecule has 0 saturated heterocycles. The third-order valence-electron chi connectivity index (χ3n) is 5.70. The van der Waals surface area contributed by atoms with Gasteiger partial charge in [0.25, 0.3) is 0 Å². The van der Waals surface area contributed by atoms with Crippen molar-refractivity contribution in [1.29, 1.82) is 0 Å². The van der Waals surface area contributed by atoms with Crippen molar-refractivity contribution >= 4 is 17.1 Å². The predicted molar refractivity (Wildman–Crippen MR) is 97.3 cm³/mol. The smallest absolute Gasteiger partial charge is 0.185 e. The Morgan fingerprint density at radius 2 is 1.35 bits per heavy atom. The van der Waals surface area contributed by atoms with Crippen LogP contribution in [-0.2, 0) is 0 Å². The van der Waals surface area contributed by atoms with E-state index in [9.17, 15) is 4.79 Å². The number of hydrogen-bond donors (Lipinski definition) is 0. The van der Waals surface area contributed by atoms with Gasteiger partial charge in [0.2, 0.25) is 0 Å². The van der Waals surface area contributed by atoms with Crippen LogP contribution in [-0.4, -0.2) is 10.8 Å². The lowest BCUT2D eigenvalue weighted by molar-refractivity contribution is 0.0898. The van der Waals surface area contributed by atoms with E-state index in [0.29, 0.717) is 11.7 Å². The average Bonchev–Trinajstić information content (AvgIpc) is 2.96. The van der Waals surface area contributed by atoms with Gasteiger partial charge in [0.05, 0.1) is 5.01 Å². The third kappa shape index (κ3) is 4.89. The van der Waals surface area contributed by atoms with Crippen molar-refractivity contribution in [2.24, 2.45) is 5.92 Å². The molecule has 23 heavy (non-hydrogen) atoms. The zero-order valence-corrected chi connectivity index (χ0v) is 15.2. The number of Topliss-reactive ketones (excluding diaryl/α,β-unsaturated/α-hetero) is 1. The van der Waals surface area contributed by atoms with Crippen LogP contribution in [0.15, 0.2) is 5.38 Å². The summed E-state index contributed by atoms with van der Waals surface area (Å²) in [7, 11) is 0. The van der Waals surface area contributed by atoms with E-state index in [0.717, 1.165) is 18.5 Å². The highest BCUT2D eigenvalue weighted by Crippen LogP contribution is 2.34. The van der Waals surface area contributed by atoms with E-state index in [1.165, 1.54) is 82.1 Å². The molecule has 0 unspecified atom stereocenters. The van der Waals surface area contributed by atoms with Gasteiger partial charge in [0, 0.05) is 17.2 Å². The molecule has 1 aromatic rings. The minimum absolute atomic E-state index is 0.234. The van der Waals surface area contributed by atoms with Gasteiger partial charge in [-0.2, -0.15) is 0 Å². The molecule has 0 aromatic carbocycles. The van der Waals surface area contributed by atoms with Gasteiger partial charge in [-0.1, -0.05) is 64.2 Å². The highest BCUT2D eigenvalue weighted by atomic mass is 32.1. The number of hydrogen-bond acceptors (Lipinski definition) is 3. The Morgan fingerprint density at radius 3 is 1.96 bits per heavy atom. The number of thiazole rings is 1. The molecule has 0 N–H and O–H groups in total. The van der Waals surface area contributed by atoms with Crippen LogP contribution in [0.5, 0.6) is 0 Å². The van der Waals surface area contributed by atoms with Crippen LogP contribution in [0, 0.1) is 5.92 Å². The largest absolute Gasteiger partial charge is 0.292 e. The molecule has 0 radical (unpaired) electrons. The Kier molecular flexibility index (Phi) is 6.67. The molecular formula is C20H31NOS. The summed E-state index contributed by atoms with van der Waals surface area (Å²) in [6, 6.07) is 0. The molecule has 2 saturated carbocycles. The minimum Gasteiger partial charge on any atom is -0.292 e. The molecule has 2 aliphatic carbocycles. The molecule has 0 spiro atoms. The first-order valence-electron chi connectivity index (χ1n) is 9.84. The van der Waals surface area contributed by atoms with Crippen LogP contribution in [0.3, 0.4) is 0 Å². The van der Waals surface area contributed by atoms with Crippen molar-refractivity contribution in [2.75, 3.05) is 0 Å². The Hall–Kier alpha value is -0.700. The van der Waals surface area contributed by atoms with E-state index in [1.807, 2.05) is 0 Å². The minimum atomic E-state index is 0.234. The highest BCUT2D eigenvalue weighted by Gasteiger charge is 2.24. The second kappa shape index (κ2) is 8.96. The first kappa shape index (κ1) is 17.1. The van der Waals surface area contributed by atoms with Crippen LogP contribution in [0.25, 0.3) is 0 Å². The van der Waals surface area contributed by atoms with Gasteiger partial charge >= 0.3 is 0 Å². The van der Waals surface area contributed by atoms with Crippen molar-refractivity contribution < 1.29 is 4.79 Å². The summed E-state index contributed by atoms with van der Waals surface area (Å²) >= 11 is 1.74. The Labute approximate surface area is 145 Å². The molecule has 1 heterocycles. The third-order valence-corrected chi connectivity index (χ3v) is 6.71. The fraction of sp³-hybridized carbons (Fsp3) is 0.800. The Morgan fingerprint density at radius 1 is 0.826 bits per heavy atom. The number of nitrogens with zero attached hydrogens (tertiary/aromatic N) is 1. The lowest BCUT2D eigenvalue weighted by Gasteiger charge is -2.13. The van der Waals surface area contributed by atoms with Crippen LogP contribution in [0.1, 0.15) is 111 Å². The van der Waals surface area contributed by atoms with Crippen LogP contribution < -0.4 is 0 Å². The maximum absolute atomic E-state index is 12.9. The van der Waals surface area contributed by atoms with Crippen LogP contribution >= 0.6 is 11.3 Å². The summed E-state index contributed by atoms with van der Waals surface area (Å²) in [5, 5.41) is 3.29. The number of ketones is 1. The van der Waals surface area contributed by atoms with Gasteiger partial charge < -0.3 is 0 Å². The van der Waals surface area contributed by atoms with E-state index in [-0.39, 0.29) is 5.92 Å². The quantitative estimate of drug-likeness (QED) is 0.466. The number of carbonyl (C=O) groups is 1. The highest BCUT2D eigenvalue weighted by molar-refractivity contribution is 7.09. The van der Waals surface area contributed by atoms with Gasteiger partial charge in [0.1, 0.15) is 5.69 Å². The van der Waals surface area contributed by atoms with Gasteiger partial charge in [-0.3, -0.25) is 4.79 Å². The van der Waals surface area contributed by atoms with Crippen molar-refractivity contribution in [1.82, 2.24) is 4.98 Å². The van der Waals surface area contributed by atoms with E-state index >= 15 is 0 Å². The molecule has 0 amide bonds. The van der Waals surface area contributed by atoms with Crippen LogP contribution in [0.2, 0.25) is 0 Å². The molecule has 2 fully saturated rings. The maximum atomic E-state index is 12.9. The average molecular weight is 334 g/mol. The number of rotatable bonds is 3. The first-order chi connectivity index (χ1) is 11.3. The summed E-state index contributed by atoms with van der Waals surface area (Å²) in [6.07, 6.45) is 17.8. The molecule has 0 aliphatic heterocycles. The standard InChI is InChI=1S/C20H31NOS/c22-19(16-11-7-3-1-2-4-8-12-16)18-15-23-20(21-18)17-13-9-5-6-10-14-17/h15-17H,1-14H2. The lowest BCUT2D eigenvalue weighted by atomic mass is 9.91. The normalized spacial score (nSPS) is 22.8. The molecule has 3 rings (SSSR count). The zero-order chi connectivity index (χ0) is 15.9. The number of carbonyl (C=O) groups excluding carboxylic acids is 1. The second-order valence-corrected chi connectivity index (χ2v) is 8.41. The Balaban J connectivity index is 1.64. The number of aromatic nitrogens is 1. The van der Waals surface area contributed by atoms with Crippen molar-refractivity contribution in [2.45, 2.75) is 95.8 Å². The molecule has 3 heteroatoms. The maximum Gasteiger partial charge on any atom is 0.185 e. The Bertz CT molecular complexity index is 478. The second-order valence-electron chi connectivity index (χ2n) is 7.52. The summed E-state index contributed by atoms with van der Waals surface area (Å²) in [5.41, 5.74) is 0.776. The van der Waals surface area contributed by atoms with Gasteiger partial charge in [-0.05, 0) is 25.7 Å². The zero-order valence-electron chi connectivity index (χ0n) is 14.4. The van der Waals surface area contributed by atoms with E-state index in [2.05, 4.69) is 5.38 Å². The van der Waals surface area contributed by atoms with Crippen molar-refractivity contribution in [3.63, 3.8) is 0 Å². The van der Waals surface area contributed by atoms with Crippen molar-refractivity contribution in [3.05, 3.63) is 16.1 Å². The van der Waals surface area contributed by atoms with Gasteiger partial charge in [0.15, 0.2) is 5.78 Å². The molecule has 2 aliphatic rings. The monoisotopic (exact) mass is 333 g/mol. The molecule has 2 nitrogen and oxygen atoms in total. The fourth-order valence-electron chi connectivity index (χ4n) is 4.22. The first-order valence-corrected chi connectivity index (χ1v) is 10.7. The fourth-order valence-corrected chi connectivity index (χ4v) is 5.20. The van der Waals surface area contributed by atoms with Crippen molar-refractivity contribution in [3.8, 4) is 0 Å². The summed E-state index contributed by atoms with van der Waals surface area (Å²) in [5.74, 6) is 1.18.